The van der Waals surface area contributed by atoms with E-state index in [-0.39, 0.29) is 12.0 Å². The van der Waals surface area contributed by atoms with Crippen molar-refractivity contribution in [3.05, 3.63) is 40.9 Å². The first-order chi connectivity index (χ1) is 14.4. The van der Waals surface area contributed by atoms with Crippen LogP contribution in [0.4, 0.5) is 0 Å². The minimum atomic E-state index is -1.11. The first-order valence-corrected chi connectivity index (χ1v) is 14.8. The number of nitrogens with zero attached hydrogens (tertiary/aromatic N) is 3. The number of aliphatic hydroxyl groups excluding tert-OH is 1. The van der Waals surface area contributed by atoms with E-state index in [1.165, 1.54) is 0 Å². The predicted molar refractivity (Wildman–Crippen MR) is 124 cm³/mol. The van der Waals surface area contributed by atoms with Gasteiger partial charge in [0.1, 0.15) is 12.4 Å². The Morgan fingerprint density at radius 1 is 1.13 bits per heavy atom. The predicted octanol–water partition coefficient (Wildman–Crippen LogP) is 4.39. The maximum Gasteiger partial charge on any atom is 0.190 e. The molecule has 0 amide bonds. The van der Waals surface area contributed by atoms with E-state index < -0.39 is 8.07 Å². The lowest BCUT2D eigenvalue weighted by Crippen LogP contribution is -2.22. The fourth-order valence-corrected chi connectivity index (χ4v) is 5.21. The zero-order valence-corrected chi connectivity index (χ0v) is 19.3. The fraction of sp³-hybridized carbons (Fsp3) is 0.565. The van der Waals surface area contributed by atoms with Gasteiger partial charge in [-0.2, -0.15) is 0 Å². The number of pyridine rings is 2. The molecule has 0 unspecified atom stereocenters. The van der Waals surface area contributed by atoms with Gasteiger partial charge < -0.3 is 19.0 Å². The number of ether oxygens (including phenoxy) is 1. The van der Waals surface area contributed by atoms with Crippen LogP contribution in [0.3, 0.4) is 0 Å². The van der Waals surface area contributed by atoms with Gasteiger partial charge >= 0.3 is 0 Å². The molecule has 3 aromatic rings. The molecule has 1 aliphatic carbocycles. The van der Waals surface area contributed by atoms with Gasteiger partial charge in [-0.3, -0.25) is 4.79 Å². The molecular formula is C23H33N3O3Si. The van der Waals surface area contributed by atoms with Crippen molar-refractivity contribution < 1.29 is 9.84 Å². The van der Waals surface area contributed by atoms with Crippen LogP contribution in [0.2, 0.25) is 25.7 Å². The molecule has 6 nitrogen and oxygen atoms in total. The molecule has 1 N–H and O–H groups in total. The number of rotatable bonds is 7. The maximum atomic E-state index is 12.6. The number of aliphatic hydroxyl groups is 1. The highest BCUT2D eigenvalue weighted by Gasteiger charge is 2.23. The Kier molecular flexibility index (Phi) is 6.13. The van der Waals surface area contributed by atoms with Crippen LogP contribution < -0.4 is 5.43 Å². The molecule has 1 fully saturated rings. The maximum absolute atomic E-state index is 12.6. The average Bonchev–Trinajstić information content (AvgIpc) is 3.14. The van der Waals surface area contributed by atoms with Crippen LogP contribution in [0.15, 0.2) is 35.5 Å². The first-order valence-electron chi connectivity index (χ1n) is 11.0. The summed E-state index contributed by atoms with van der Waals surface area (Å²) in [5.74, 6) is 0.406. The smallest absolute Gasteiger partial charge is 0.190 e. The largest absolute Gasteiger partial charge is 0.396 e. The molecule has 0 atom stereocenters. The highest BCUT2D eigenvalue weighted by molar-refractivity contribution is 6.76. The topological polar surface area (TPSA) is 69.3 Å². The quantitative estimate of drug-likeness (QED) is 0.449. The van der Waals surface area contributed by atoms with Gasteiger partial charge in [-0.25, -0.2) is 4.98 Å². The molecule has 0 spiro atoms. The molecule has 7 heteroatoms. The van der Waals surface area contributed by atoms with E-state index in [1.807, 2.05) is 17.0 Å². The Balaban J connectivity index is 1.66. The standard InChI is InChI=1S/C23H33N3O3Si/c1-30(2,3)13-12-29-16-25-10-8-19-22-20(14-24-23(19)25)21(28)9-11-26(22)18-6-4-17(15-27)5-7-18/h8-11,14,17-18,27H,4-7,12-13,15-16H2,1-3H3/t17-,18-. The second-order valence-electron chi connectivity index (χ2n) is 9.84. The van der Waals surface area contributed by atoms with Crippen LogP contribution in [0, 0.1) is 5.92 Å². The monoisotopic (exact) mass is 427 g/mol. The normalized spacial score (nSPS) is 20.3. The highest BCUT2D eigenvalue weighted by Crippen LogP contribution is 2.35. The summed E-state index contributed by atoms with van der Waals surface area (Å²) in [6.45, 7) is 8.56. The van der Waals surface area contributed by atoms with Crippen LogP contribution in [0.25, 0.3) is 21.9 Å². The van der Waals surface area contributed by atoms with Crippen molar-refractivity contribution in [2.75, 3.05) is 13.2 Å². The Morgan fingerprint density at radius 2 is 1.90 bits per heavy atom. The van der Waals surface area contributed by atoms with Gasteiger partial charge in [0.2, 0.25) is 0 Å². The molecule has 0 aromatic carbocycles. The summed E-state index contributed by atoms with van der Waals surface area (Å²) in [7, 11) is -1.11. The molecule has 3 aromatic heterocycles. The summed E-state index contributed by atoms with van der Waals surface area (Å²) in [6.07, 6.45) is 9.76. The molecular weight excluding hydrogens is 394 g/mol. The van der Waals surface area contributed by atoms with Crippen LogP contribution >= 0.6 is 0 Å². The molecule has 1 aliphatic rings. The third-order valence-electron chi connectivity index (χ3n) is 6.37. The van der Waals surface area contributed by atoms with Crippen molar-refractivity contribution in [3.63, 3.8) is 0 Å². The molecule has 4 rings (SSSR count). The second kappa shape index (κ2) is 8.65. The van der Waals surface area contributed by atoms with Gasteiger partial charge in [-0.1, -0.05) is 19.6 Å². The molecule has 162 valence electrons. The summed E-state index contributed by atoms with van der Waals surface area (Å²) in [5.41, 5.74) is 1.85. The van der Waals surface area contributed by atoms with Gasteiger partial charge in [0.05, 0.1) is 10.9 Å². The Bertz CT molecular complexity index is 1070. The summed E-state index contributed by atoms with van der Waals surface area (Å²) in [6, 6.07) is 5.20. The van der Waals surface area contributed by atoms with Crippen molar-refractivity contribution in [2.24, 2.45) is 5.92 Å². The van der Waals surface area contributed by atoms with Crippen LogP contribution in [0.1, 0.15) is 31.7 Å². The molecule has 30 heavy (non-hydrogen) atoms. The van der Waals surface area contributed by atoms with Crippen LogP contribution in [-0.2, 0) is 11.5 Å². The molecule has 3 heterocycles. The van der Waals surface area contributed by atoms with Gasteiger partial charge in [0.25, 0.3) is 0 Å². The minimum Gasteiger partial charge on any atom is -0.396 e. The third kappa shape index (κ3) is 4.38. The summed E-state index contributed by atoms with van der Waals surface area (Å²) in [5, 5.41) is 11.1. The Labute approximate surface area is 178 Å². The van der Waals surface area contributed by atoms with E-state index in [1.54, 1.807) is 12.3 Å². The van der Waals surface area contributed by atoms with E-state index in [0.29, 0.717) is 24.1 Å². The number of aromatic nitrogens is 3. The average molecular weight is 428 g/mol. The molecule has 0 radical (unpaired) electrons. The van der Waals surface area contributed by atoms with Gasteiger partial charge in [-0.05, 0) is 43.7 Å². The lowest BCUT2D eigenvalue weighted by atomic mass is 9.86. The minimum absolute atomic E-state index is 0.0128. The van der Waals surface area contributed by atoms with Crippen molar-refractivity contribution >= 4 is 30.0 Å². The Hall–Kier alpha value is -1.96. The van der Waals surface area contributed by atoms with Gasteiger partial charge in [0, 0.05) is 57.4 Å². The van der Waals surface area contributed by atoms with E-state index in [9.17, 15) is 9.90 Å². The van der Waals surface area contributed by atoms with Gasteiger partial charge in [0.15, 0.2) is 5.43 Å². The van der Waals surface area contributed by atoms with Crippen LogP contribution in [0.5, 0.6) is 0 Å². The molecule has 0 aliphatic heterocycles. The second-order valence-corrected chi connectivity index (χ2v) is 15.5. The summed E-state index contributed by atoms with van der Waals surface area (Å²) < 4.78 is 10.2. The highest BCUT2D eigenvalue weighted by atomic mass is 28.3. The van der Waals surface area contributed by atoms with E-state index >= 15 is 0 Å². The number of fused-ring (bicyclic) bond motifs is 3. The SMILES string of the molecule is C[Si](C)(C)CCOCn1ccc2c1ncc1c(=O)ccn([C@H]3CC[C@H](CO)CC3)c12. The van der Waals surface area contributed by atoms with Crippen molar-refractivity contribution in [1.29, 1.82) is 0 Å². The number of hydrogen-bond donors (Lipinski definition) is 1. The summed E-state index contributed by atoms with van der Waals surface area (Å²) >= 11 is 0. The van der Waals surface area contributed by atoms with E-state index in [2.05, 4.69) is 35.3 Å². The summed E-state index contributed by atoms with van der Waals surface area (Å²) in [4.78, 5) is 17.2. The first kappa shape index (κ1) is 21.3. The van der Waals surface area contributed by atoms with E-state index in [4.69, 9.17) is 4.74 Å². The van der Waals surface area contributed by atoms with Gasteiger partial charge in [-0.15, -0.1) is 0 Å². The lowest BCUT2D eigenvalue weighted by molar-refractivity contribution is 0.0899. The van der Waals surface area contributed by atoms with Crippen molar-refractivity contribution in [2.45, 2.75) is 64.1 Å². The molecule has 0 bridgehead atoms. The third-order valence-corrected chi connectivity index (χ3v) is 8.07. The van der Waals surface area contributed by atoms with Crippen molar-refractivity contribution in [1.82, 2.24) is 14.1 Å². The lowest BCUT2D eigenvalue weighted by Gasteiger charge is -2.30. The molecule has 0 saturated heterocycles. The van der Waals surface area contributed by atoms with Crippen LogP contribution in [-0.4, -0.2) is 40.5 Å². The molecule has 1 saturated carbocycles. The van der Waals surface area contributed by atoms with E-state index in [0.717, 1.165) is 54.9 Å². The number of hydrogen-bond acceptors (Lipinski definition) is 4. The fourth-order valence-electron chi connectivity index (χ4n) is 4.45. The Morgan fingerprint density at radius 3 is 2.60 bits per heavy atom. The zero-order valence-electron chi connectivity index (χ0n) is 18.3. The van der Waals surface area contributed by atoms with Crippen molar-refractivity contribution in [3.8, 4) is 0 Å². The zero-order chi connectivity index (χ0) is 21.3.